The van der Waals surface area contributed by atoms with Gasteiger partial charge in [-0.05, 0) is 32.4 Å². The van der Waals surface area contributed by atoms with Crippen molar-refractivity contribution < 1.29 is 13.5 Å². The molecule has 0 aliphatic rings. The summed E-state index contributed by atoms with van der Waals surface area (Å²) in [6.45, 7) is 5.41. The Morgan fingerprint density at radius 2 is 1.90 bits per heavy atom. The van der Waals surface area contributed by atoms with E-state index in [-0.39, 0.29) is 11.5 Å². The van der Waals surface area contributed by atoms with Crippen molar-refractivity contribution in [3.63, 3.8) is 0 Å². The fourth-order valence-electron chi connectivity index (χ4n) is 1.63. The van der Waals surface area contributed by atoms with Gasteiger partial charge in [0.2, 0.25) is 10.0 Å². The molecule has 0 aliphatic heterocycles. The van der Waals surface area contributed by atoms with Crippen LogP contribution in [0.4, 0.5) is 0 Å². The number of nitrogens with zero attached hydrogens (tertiary/aromatic N) is 1. The van der Waals surface area contributed by atoms with Gasteiger partial charge in [0, 0.05) is 18.2 Å². The Hall–Kier alpha value is -1.35. The maximum atomic E-state index is 12.7. The molecule has 5 heteroatoms. The van der Waals surface area contributed by atoms with Crippen LogP contribution in [0.1, 0.15) is 32.8 Å². The molecule has 4 nitrogen and oxygen atoms in total. The van der Waals surface area contributed by atoms with E-state index in [0.29, 0.717) is 12.0 Å². The van der Waals surface area contributed by atoms with Crippen LogP contribution < -0.4 is 0 Å². The summed E-state index contributed by atoms with van der Waals surface area (Å²) in [7, 11) is -2.04. The van der Waals surface area contributed by atoms with Crippen LogP contribution >= 0.6 is 0 Å². The quantitative estimate of drug-likeness (QED) is 0.862. The van der Waals surface area contributed by atoms with E-state index in [4.69, 9.17) is 5.11 Å². The van der Waals surface area contributed by atoms with Gasteiger partial charge in [0.1, 0.15) is 6.61 Å². The van der Waals surface area contributed by atoms with E-state index < -0.39 is 15.6 Å². The van der Waals surface area contributed by atoms with E-state index in [0.717, 1.165) is 0 Å². The predicted octanol–water partition coefficient (Wildman–Crippen LogP) is 1.84. The molecule has 0 unspecified atom stereocenters. The van der Waals surface area contributed by atoms with E-state index in [1.165, 1.54) is 4.31 Å². The lowest BCUT2D eigenvalue weighted by Crippen LogP contribution is -2.44. The number of hydrogen-bond donors (Lipinski definition) is 1. The molecule has 0 aromatic heterocycles. The van der Waals surface area contributed by atoms with Crippen molar-refractivity contribution in [3.8, 4) is 11.8 Å². The number of aliphatic hydroxyl groups is 1. The highest BCUT2D eigenvalue weighted by Crippen LogP contribution is 2.26. The Morgan fingerprint density at radius 3 is 2.45 bits per heavy atom. The molecule has 20 heavy (non-hydrogen) atoms. The molecule has 0 bridgehead atoms. The molecule has 1 N–H and O–H groups in total. The Balaban J connectivity index is 3.37. The minimum atomic E-state index is -3.62. The van der Waals surface area contributed by atoms with Crippen LogP contribution in [-0.4, -0.2) is 37.0 Å². The van der Waals surface area contributed by atoms with Crippen LogP contribution in [0.3, 0.4) is 0 Å². The maximum absolute atomic E-state index is 12.7. The van der Waals surface area contributed by atoms with Gasteiger partial charge in [0.15, 0.2) is 0 Å². The minimum Gasteiger partial charge on any atom is -0.384 e. The Bertz CT molecular complexity index is 624. The second-order valence-corrected chi connectivity index (χ2v) is 7.03. The first-order valence-electron chi connectivity index (χ1n) is 6.45. The van der Waals surface area contributed by atoms with Gasteiger partial charge in [0.05, 0.1) is 4.90 Å². The Labute approximate surface area is 121 Å². The fourth-order valence-corrected chi connectivity index (χ4v) is 3.35. The molecule has 0 amide bonds. The number of hydrogen-bond acceptors (Lipinski definition) is 3. The molecule has 0 aliphatic carbocycles. The summed E-state index contributed by atoms with van der Waals surface area (Å²) < 4.78 is 26.8. The molecule has 0 atom stereocenters. The van der Waals surface area contributed by atoms with Crippen LogP contribution in [0.25, 0.3) is 0 Å². The molecular formula is C15H21NO3S. The van der Waals surface area contributed by atoms with Gasteiger partial charge in [-0.25, -0.2) is 8.42 Å². The molecule has 0 saturated carbocycles. The van der Waals surface area contributed by atoms with Crippen molar-refractivity contribution in [1.82, 2.24) is 4.31 Å². The summed E-state index contributed by atoms with van der Waals surface area (Å²) in [4.78, 5) is 0.171. The number of aliphatic hydroxyl groups excluding tert-OH is 1. The molecule has 1 rings (SSSR count). The zero-order chi connectivity index (χ0) is 15.4. The highest BCUT2D eigenvalue weighted by atomic mass is 32.2. The maximum Gasteiger partial charge on any atom is 0.244 e. The van der Waals surface area contributed by atoms with Crippen LogP contribution in [0.2, 0.25) is 0 Å². The molecule has 110 valence electrons. The summed E-state index contributed by atoms with van der Waals surface area (Å²) in [5, 5.41) is 8.76. The third-order valence-electron chi connectivity index (χ3n) is 3.55. The summed E-state index contributed by atoms with van der Waals surface area (Å²) in [5.74, 6) is 5.18. The fraction of sp³-hybridized carbons (Fsp3) is 0.467. The second-order valence-electron chi connectivity index (χ2n) is 5.09. The number of benzene rings is 1. The highest BCUT2D eigenvalue weighted by molar-refractivity contribution is 7.89. The average Bonchev–Trinajstić information content (AvgIpc) is 2.44. The van der Waals surface area contributed by atoms with Crippen LogP contribution in [-0.2, 0) is 10.0 Å². The lowest BCUT2D eigenvalue weighted by atomic mass is 10.0. The largest absolute Gasteiger partial charge is 0.384 e. The van der Waals surface area contributed by atoms with E-state index in [1.54, 1.807) is 31.3 Å². The van der Waals surface area contributed by atoms with Gasteiger partial charge in [-0.3, -0.25) is 0 Å². The first kappa shape index (κ1) is 16.7. The zero-order valence-electron chi connectivity index (χ0n) is 12.3. The molecule has 0 radical (unpaired) electrons. The SMILES string of the molecule is CCC(C)(C)N(C)S(=O)(=O)c1ccccc1C#CCO. The summed E-state index contributed by atoms with van der Waals surface area (Å²) >= 11 is 0. The summed E-state index contributed by atoms with van der Waals surface area (Å²) in [6.07, 6.45) is 0.702. The van der Waals surface area contributed by atoms with E-state index >= 15 is 0 Å². The van der Waals surface area contributed by atoms with Crippen molar-refractivity contribution in [3.05, 3.63) is 29.8 Å². The van der Waals surface area contributed by atoms with E-state index in [1.807, 2.05) is 20.8 Å². The van der Waals surface area contributed by atoms with Crippen molar-refractivity contribution in [2.75, 3.05) is 13.7 Å². The molecule has 0 heterocycles. The Kier molecular flexibility index (Phi) is 5.35. The molecule has 0 spiro atoms. The molecule has 0 saturated heterocycles. The third kappa shape index (κ3) is 3.40. The van der Waals surface area contributed by atoms with E-state index in [9.17, 15) is 8.42 Å². The highest BCUT2D eigenvalue weighted by Gasteiger charge is 2.33. The lowest BCUT2D eigenvalue weighted by Gasteiger charge is -2.33. The van der Waals surface area contributed by atoms with Crippen LogP contribution in [0.5, 0.6) is 0 Å². The molecule has 1 aromatic carbocycles. The van der Waals surface area contributed by atoms with Gasteiger partial charge < -0.3 is 5.11 Å². The first-order valence-corrected chi connectivity index (χ1v) is 7.89. The van der Waals surface area contributed by atoms with Crippen molar-refractivity contribution in [2.45, 2.75) is 37.6 Å². The van der Waals surface area contributed by atoms with Gasteiger partial charge in [-0.1, -0.05) is 30.9 Å². The second kappa shape index (κ2) is 6.40. The van der Waals surface area contributed by atoms with Crippen molar-refractivity contribution >= 4 is 10.0 Å². The van der Waals surface area contributed by atoms with Crippen LogP contribution in [0, 0.1) is 11.8 Å². The minimum absolute atomic E-state index is 0.171. The van der Waals surface area contributed by atoms with Crippen molar-refractivity contribution in [1.29, 1.82) is 0 Å². The Morgan fingerprint density at radius 1 is 1.30 bits per heavy atom. The van der Waals surface area contributed by atoms with Crippen LogP contribution in [0.15, 0.2) is 29.2 Å². The lowest BCUT2D eigenvalue weighted by molar-refractivity contribution is 0.257. The third-order valence-corrected chi connectivity index (χ3v) is 5.67. The van der Waals surface area contributed by atoms with Gasteiger partial charge in [-0.15, -0.1) is 0 Å². The molecule has 0 fully saturated rings. The standard InChI is InChI=1S/C15H21NO3S/c1-5-15(2,3)16(4)20(18,19)14-11-7-6-9-13(14)10-8-12-17/h6-7,9,11,17H,5,12H2,1-4H3. The van der Waals surface area contributed by atoms with E-state index in [2.05, 4.69) is 11.8 Å². The summed E-state index contributed by atoms with van der Waals surface area (Å²) in [5.41, 5.74) is -0.0728. The average molecular weight is 295 g/mol. The monoisotopic (exact) mass is 295 g/mol. The molecular weight excluding hydrogens is 274 g/mol. The molecule has 1 aromatic rings. The summed E-state index contributed by atoms with van der Waals surface area (Å²) in [6, 6.07) is 6.58. The number of rotatable bonds is 4. The van der Waals surface area contributed by atoms with Gasteiger partial charge in [0.25, 0.3) is 0 Å². The smallest absolute Gasteiger partial charge is 0.244 e. The normalized spacial score (nSPS) is 12.1. The van der Waals surface area contributed by atoms with Gasteiger partial charge >= 0.3 is 0 Å². The van der Waals surface area contributed by atoms with Crippen molar-refractivity contribution in [2.24, 2.45) is 0 Å². The van der Waals surface area contributed by atoms with Gasteiger partial charge in [-0.2, -0.15) is 4.31 Å². The first-order chi connectivity index (χ1) is 9.27. The number of sulfonamides is 1. The zero-order valence-corrected chi connectivity index (χ0v) is 13.2. The predicted molar refractivity (Wildman–Crippen MR) is 79.7 cm³/mol. The topological polar surface area (TPSA) is 57.6 Å².